The largest absolute Gasteiger partial charge is 0.356 e. The molecule has 0 bridgehead atoms. The molecule has 1 unspecified atom stereocenters. The fourth-order valence-corrected chi connectivity index (χ4v) is 1.76. The predicted molar refractivity (Wildman–Crippen MR) is 64.3 cm³/mol. The summed E-state index contributed by atoms with van der Waals surface area (Å²) in [6, 6.07) is 7.88. The lowest BCUT2D eigenvalue weighted by molar-refractivity contribution is 0.353. The van der Waals surface area contributed by atoms with Crippen molar-refractivity contribution in [2.45, 2.75) is 25.5 Å². The monoisotopic (exact) mass is 227 g/mol. The number of hydrogen-bond donors (Lipinski definition) is 0. The summed E-state index contributed by atoms with van der Waals surface area (Å²) in [5, 5.41) is 8.17. The van der Waals surface area contributed by atoms with E-state index in [9.17, 15) is 0 Å². The van der Waals surface area contributed by atoms with Gasteiger partial charge in [-0.25, -0.2) is 4.68 Å². The molecular weight excluding hydrogens is 214 g/mol. The lowest BCUT2D eigenvalue weighted by atomic mass is 10.1. The highest BCUT2D eigenvalue weighted by Crippen LogP contribution is 2.29. The first-order chi connectivity index (χ1) is 8.33. The van der Waals surface area contributed by atoms with Crippen LogP contribution >= 0.6 is 0 Å². The number of nitrogens with zero attached hydrogens (tertiary/aromatic N) is 3. The molecule has 2 heterocycles. The van der Waals surface area contributed by atoms with E-state index in [1.54, 1.807) is 0 Å². The van der Waals surface area contributed by atoms with Crippen LogP contribution in [-0.4, -0.2) is 27.2 Å². The number of para-hydroxylation sites is 1. The van der Waals surface area contributed by atoms with Gasteiger partial charge < -0.3 is 4.74 Å². The van der Waals surface area contributed by atoms with E-state index < -0.39 is 0 Å². The average molecular weight is 227 g/mol. The average Bonchev–Trinajstić information content (AvgIpc) is 3.04. The highest BCUT2D eigenvalue weighted by molar-refractivity contribution is 5.73. The summed E-state index contributed by atoms with van der Waals surface area (Å²) in [7, 11) is 0. The van der Waals surface area contributed by atoms with Crippen LogP contribution in [0.3, 0.4) is 0 Å². The van der Waals surface area contributed by atoms with Gasteiger partial charge in [0, 0.05) is 0 Å². The Morgan fingerprint density at radius 3 is 3.06 bits per heavy atom. The van der Waals surface area contributed by atoms with Gasteiger partial charge in [0.2, 0.25) is 0 Å². The summed E-state index contributed by atoms with van der Waals surface area (Å²) >= 11 is 0. The summed E-state index contributed by atoms with van der Waals surface area (Å²) < 4.78 is 7.15. The van der Waals surface area contributed by atoms with Gasteiger partial charge in [0.25, 0.3) is 0 Å². The molecule has 1 saturated heterocycles. The van der Waals surface area contributed by atoms with Crippen LogP contribution in [0.25, 0.3) is 11.0 Å². The Labute approximate surface area is 99.6 Å². The molecule has 0 spiro atoms. The van der Waals surface area contributed by atoms with Crippen LogP contribution in [0, 0.1) is 11.8 Å². The number of epoxide rings is 1. The first-order valence-corrected chi connectivity index (χ1v) is 5.75. The molecule has 0 aliphatic carbocycles. The molecule has 1 aromatic carbocycles. The Bertz CT molecular complexity index is 602. The van der Waals surface area contributed by atoms with Crippen LogP contribution in [0.2, 0.25) is 0 Å². The maximum Gasteiger partial charge on any atom is 0.151 e. The van der Waals surface area contributed by atoms with Crippen molar-refractivity contribution >= 4 is 11.0 Å². The molecule has 4 heteroatoms. The third-order valence-corrected chi connectivity index (χ3v) is 3.03. The number of benzene rings is 1. The third-order valence-electron chi connectivity index (χ3n) is 3.03. The van der Waals surface area contributed by atoms with E-state index in [2.05, 4.69) is 29.1 Å². The molecule has 1 fully saturated rings. The topological polar surface area (TPSA) is 43.2 Å². The number of aromatic nitrogens is 3. The normalized spacial score (nSPS) is 22.2. The quantitative estimate of drug-likeness (QED) is 0.578. The molecule has 0 N–H and O–H groups in total. The first kappa shape index (κ1) is 10.3. The van der Waals surface area contributed by atoms with E-state index in [1.807, 2.05) is 28.9 Å². The maximum absolute atomic E-state index is 5.33. The standard InChI is InChI=1S/C13H13N3O/c1-2-13(10-17-13)8-5-9-16-12-7-4-3-6-11(12)14-15-16/h3-4,6-7H,2,9-10H2,1H3. The van der Waals surface area contributed by atoms with Crippen LogP contribution < -0.4 is 0 Å². The minimum Gasteiger partial charge on any atom is -0.356 e. The van der Waals surface area contributed by atoms with E-state index in [-0.39, 0.29) is 5.60 Å². The highest BCUT2D eigenvalue weighted by atomic mass is 16.6. The molecule has 1 atom stereocenters. The number of ether oxygens (including phenoxy) is 1. The molecule has 1 aliphatic heterocycles. The summed E-state index contributed by atoms with van der Waals surface area (Å²) in [6.07, 6.45) is 0.943. The van der Waals surface area contributed by atoms with Gasteiger partial charge in [-0.05, 0) is 18.6 Å². The Balaban J connectivity index is 1.81. The zero-order chi connectivity index (χ0) is 11.7. The number of hydrogen-bond acceptors (Lipinski definition) is 3. The molecule has 0 radical (unpaired) electrons. The smallest absolute Gasteiger partial charge is 0.151 e. The molecule has 4 nitrogen and oxygen atoms in total. The molecule has 17 heavy (non-hydrogen) atoms. The Morgan fingerprint density at radius 2 is 2.29 bits per heavy atom. The van der Waals surface area contributed by atoms with E-state index in [4.69, 9.17) is 4.74 Å². The molecule has 86 valence electrons. The molecule has 3 rings (SSSR count). The Kier molecular flexibility index (Phi) is 2.34. The van der Waals surface area contributed by atoms with E-state index in [1.165, 1.54) is 0 Å². The molecular formula is C13H13N3O. The van der Waals surface area contributed by atoms with Gasteiger partial charge in [0.15, 0.2) is 5.60 Å². The zero-order valence-electron chi connectivity index (χ0n) is 9.68. The van der Waals surface area contributed by atoms with E-state index >= 15 is 0 Å². The minimum atomic E-state index is -0.170. The van der Waals surface area contributed by atoms with Gasteiger partial charge in [0.05, 0.1) is 12.1 Å². The molecule has 1 aromatic heterocycles. The van der Waals surface area contributed by atoms with Crippen molar-refractivity contribution in [3.05, 3.63) is 24.3 Å². The van der Waals surface area contributed by atoms with Crippen molar-refractivity contribution in [2.75, 3.05) is 6.61 Å². The van der Waals surface area contributed by atoms with E-state index in [0.29, 0.717) is 6.54 Å². The van der Waals surface area contributed by atoms with Crippen molar-refractivity contribution in [3.63, 3.8) is 0 Å². The van der Waals surface area contributed by atoms with Crippen LogP contribution in [0.15, 0.2) is 24.3 Å². The van der Waals surface area contributed by atoms with Crippen LogP contribution in [0.1, 0.15) is 13.3 Å². The first-order valence-electron chi connectivity index (χ1n) is 5.75. The fourth-order valence-electron chi connectivity index (χ4n) is 1.76. The second kappa shape index (κ2) is 3.86. The van der Waals surface area contributed by atoms with Crippen molar-refractivity contribution in [1.82, 2.24) is 15.0 Å². The van der Waals surface area contributed by atoms with Gasteiger partial charge in [-0.3, -0.25) is 0 Å². The lowest BCUT2D eigenvalue weighted by Gasteiger charge is -1.97. The van der Waals surface area contributed by atoms with Crippen LogP contribution in [0.4, 0.5) is 0 Å². The third kappa shape index (κ3) is 1.90. The van der Waals surface area contributed by atoms with E-state index in [0.717, 1.165) is 24.1 Å². The summed E-state index contributed by atoms with van der Waals surface area (Å²) in [5.74, 6) is 6.28. The van der Waals surface area contributed by atoms with Crippen molar-refractivity contribution in [2.24, 2.45) is 0 Å². The second-order valence-electron chi connectivity index (χ2n) is 4.17. The minimum absolute atomic E-state index is 0.170. The summed E-state index contributed by atoms with van der Waals surface area (Å²) in [4.78, 5) is 0. The second-order valence-corrected chi connectivity index (χ2v) is 4.17. The van der Waals surface area contributed by atoms with Gasteiger partial charge in [-0.1, -0.05) is 36.1 Å². The maximum atomic E-state index is 5.33. The summed E-state index contributed by atoms with van der Waals surface area (Å²) in [5.41, 5.74) is 1.75. The fraction of sp³-hybridized carbons (Fsp3) is 0.385. The summed E-state index contributed by atoms with van der Waals surface area (Å²) in [6.45, 7) is 3.41. The Hall–Kier alpha value is -1.86. The predicted octanol–water partition coefficient (Wildman–Crippen LogP) is 1.61. The van der Waals surface area contributed by atoms with Crippen molar-refractivity contribution < 1.29 is 4.74 Å². The van der Waals surface area contributed by atoms with Crippen molar-refractivity contribution in [3.8, 4) is 11.8 Å². The van der Waals surface area contributed by atoms with Gasteiger partial charge in [-0.2, -0.15) is 0 Å². The number of fused-ring (bicyclic) bond motifs is 1. The van der Waals surface area contributed by atoms with Crippen LogP contribution in [0.5, 0.6) is 0 Å². The van der Waals surface area contributed by atoms with Crippen LogP contribution in [-0.2, 0) is 11.3 Å². The highest BCUT2D eigenvalue weighted by Gasteiger charge is 2.40. The molecule has 2 aromatic rings. The number of rotatable bonds is 2. The van der Waals surface area contributed by atoms with Gasteiger partial charge >= 0.3 is 0 Å². The van der Waals surface area contributed by atoms with Gasteiger partial charge in [0.1, 0.15) is 12.1 Å². The SMILES string of the molecule is CCC1(C#CCn2nnc3ccccc32)CO1. The zero-order valence-corrected chi connectivity index (χ0v) is 9.68. The lowest BCUT2D eigenvalue weighted by Crippen LogP contribution is -2.05. The van der Waals surface area contributed by atoms with Crippen molar-refractivity contribution in [1.29, 1.82) is 0 Å². The van der Waals surface area contributed by atoms with Gasteiger partial charge in [-0.15, -0.1) is 5.10 Å². The molecule has 0 amide bonds. The Morgan fingerprint density at radius 1 is 1.47 bits per heavy atom. The molecule has 1 aliphatic rings. The molecule has 0 saturated carbocycles.